The van der Waals surface area contributed by atoms with Gasteiger partial charge >= 0.3 is 0 Å². The van der Waals surface area contributed by atoms with Gasteiger partial charge in [0, 0.05) is 0 Å². The zero-order valence-corrected chi connectivity index (χ0v) is 12.6. The van der Waals surface area contributed by atoms with Crippen LogP contribution in [0.25, 0.3) is 0 Å². The molecule has 0 N–H and O–H groups in total. The summed E-state index contributed by atoms with van der Waals surface area (Å²) in [7, 11) is 0. The second-order valence-corrected chi connectivity index (χ2v) is 6.92. The Morgan fingerprint density at radius 3 is 2.62 bits per heavy atom. The molecule has 3 aliphatic rings. The van der Waals surface area contributed by atoms with Crippen molar-refractivity contribution in [2.75, 3.05) is 4.90 Å². The summed E-state index contributed by atoms with van der Waals surface area (Å²) in [6.07, 6.45) is 5.23. The molecule has 3 heteroatoms. The number of benzene rings is 1. The molecule has 1 aromatic carbocycles. The highest BCUT2D eigenvalue weighted by Gasteiger charge is 2.67. The van der Waals surface area contributed by atoms with E-state index in [-0.39, 0.29) is 29.6 Å². The van der Waals surface area contributed by atoms with Crippen LogP contribution in [0.4, 0.5) is 5.69 Å². The third-order valence-electron chi connectivity index (χ3n) is 5.70. The van der Waals surface area contributed by atoms with Gasteiger partial charge in [-0.15, -0.1) is 0 Å². The molecule has 1 aromatic rings. The molecule has 0 unspecified atom stereocenters. The molecular formula is C18H19NO2. The van der Waals surface area contributed by atoms with E-state index >= 15 is 0 Å². The topological polar surface area (TPSA) is 37.4 Å². The molecule has 1 aliphatic heterocycles. The van der Waals surface area contributed by atoms with Crippen molar-refractivity contribution in [3.05, 3.63) is 41.5 Å². The molecule has 1 heterocycles. The van der Waals surface area contributed by atoms with E-state index in [1.54, 1.807) is 0 Å². The molecule has 1 saturated carbocycles. The summed E-state index contributed by atoms with van der Waals surface area (Å²) < 4.78 is 0. The van der Waals surface area contributed by atoms with E-state index in [9.17, 15) is 9.59 Å². The number of fused-ring (bicyclic) bond motifs is 5. The van der Waals surface area contributed by atoms with Gasteiger partial charge in [0.25, 0.3) is 0 Å². The van der Waals surface area contributed by atoms with E-state index in [4.69, 9.17) is 0 Å². The predicted octanol–water partition coefficient (Wildman–Crippen LogP) is 3.01. The summed E-state index contributed by atoms with van der Waals surface area (Å²) in [4.78, 5) is 27.4. The largest absolute Gasteiger partial charge is 0.274 e. The van der Waals surface area contributed by atoms with Crippen LogP contribution >= 0.6 is 0 Å². The summed E-state index contributed by atoms with van der Waals surface area (Å²) in [5.41, 5.74) is 2.35. The lowest BCUT2D eigenvalue weighted by Crippen LogP contribution is -2.37. The molecule has 2 fully saturated rings. The minimum Gasteiger partial charge on any atom is -0.274 e. The summed E-state index contributed by atoms with van der Waals surface area (Å²) in [6.45, 7) is 5.96. The Bertz CT molecular complexity index is 705. The highest BCUT2D eigenvalue weighted by molar-refractivity contribution is 6.24. The van der Waals surface area contributed by atoms with Gasteiger partial charge in [0.2, 0.25) is 11.8 Å². The molecule has 2 bridgehead atoms. The average Bonchev–Trinajstić information content (AvgIpc) is 3.05. The second-order valence-electron chi connectivity index (χ2n) is 6.92. The molecule has 2 amide bonds. The van der Waals surface area contributed by atoms with Gasteiger partial charge in [-0.2, -0.15) is 0 Å². The molecule has 0 aromatic heterocycles. The Hall–Kier alpha value is -1.90. The van der Waals surface area contributed by atoms with Crippen LogP contribution in [-0.2, 0) is 9.59 Å². The number of rotatable bonds is 1. The Morgan fingerprint density at radius 2 is 1.95 bits per heavy atom. The fourth-order valence-electron chi connectivity index (χ4n) is 4.59. The highest BCUT2D eigenvalue weighted by atomic mass is 16.2. The van der Waals surface area contributed by atoms with Gasteiger partial charge in [0.05, 0.1) is 17.0 Å². The van der Waals surface area contributed by atoms with Crippen LogP contribution in [0.2, 0.25) is 0 Å². The fraction of sp³-hybridized carbons (Fsp3) is 0.444. The molecule has 2 aliphatic carbocycles. The van der Waals surface area contributed by atoms with E-state index in [0.717, 1.165) is 23.2 Å². The van der Waals surface area contributed by atoms with Crippen molar-refractivity contribution in [3.63, 3.8) is 0 Å². The quantitative estimate of drug-likeness (QED) is 0.586. The molecule has 4 atom stereocenters. The molecule has 0 radical (unpaired) electrons. The molecular weight excluding hydrogens is 262 g/mol. The predicted molar refractivity (Wildman–Crippen MR) is 80.7 cm³/mol. The number of carbonyl (C=O) groups is 2. The van der Waals surface area contributed by atoms with Crippen LogP contribution in [0.5, 0.6) is 0 Å². The Balaban J connectivity index is 1.83. The number of carbonyl (C=O) groups excluding carboxylic acids is 2. The van der Waals surface area contributed by atoms with Crippen LogP contribution < -0.4 is 4.90 Å². The van der Waals surface area contributed by atoms with Crippen molar-refractivity contribution in [1.82, 2.24) is 0 Å². The van der Waals surface area contributed by atoms with Gasteiger partial charge in [0.1, 0.15) is 0 Å². The summed E-state index contributed by atoms with van der Waals surface area (Å²) >= 11 is 0. The Labute approximate surface area is 124 Å². The van der Waals surface area contributed by atoms with Crippen LogP contribution in [0.15, 0.2) is 30.4 Å². The lowest BCUT2D eigenvalue weighted by atomic mass is 9.71. The van der Waals surface area contributed by atoms with Gasteiger partial charge in [-0.1, -0.05) is 29.8 Å². The lowest BCUT2D eigenvalue weighted by molar-refractivity contribution is -0.127. The monoisotopic (exact) mass is 281 g/mol. The SMILES string of the molecule is Cc1ccc(N2C(=O)[C@@H]3[C@@H]4C=C[C@@H](C4)[C@]3(C)C2=O)c(C)c1. The number of anilines is 1. The van der Waals surface area contributed by atoms with Gasteiger partial charge in [-0.25, -0.2) is 4.90 Å². The minimum absolute atomic E-state index is 0.00805. The first-order valence-electron chi connectivity index (χ1n) is 7.58. The maximum absolute atomic E-state index is 13.0. The van der Waals surface area contributed by atoms with Crippen molar-refractivity contribution in [2.24, 2.45) is 23.2 Å². The highest BCUT2D eigenvalue weighted by Crippen LogP contribution is 2.61. The molecule has 0 spiro atoms. The van der Waals surface area contributed by atoms with E-state index in [1.807, 2.05) is 39.0 Å². The standard InChI is InChI=1S/C18H19NO2/c1-10-4-7-14(11(2)8-10)19-16(20)15-12-5-6-13(9-12)18(15,3)17(19)21/h4-8,12-13,15H,9H2,1-3H3/t12-,13+,15+,18+/m1/s1. The normalized spacial score (nSPS) is 36.7. The first kappa shape index (κ1) is 12.8. The average molecular weight is 281 g/mol. The van der Waals surface area contributed by atoms with Crippen molar-refractivity contribution in [1.29, 1.82) is 0 Å². The Morgan fingerprint density at radius 1 is 1.19 bits per heavy atom. The number of nitrogens with zero attached hydrogens (tertiary/aromatic N) is 1. The van der Waals surface area contributed by atoms with Crippen LogP contribution in [0, 0.1) is 37.0 Å². The van der Waals surface area contributed by atoms with Crippen molar-refractivity contribution >= 4 is 17.5 Å². The third kappa shape index (κ3) is 1.39. The molecule has 21 heavy (non-hydrogen) atoms. The number of amides is 2. The Kier molecular flexibility index (Phi) is 2.35. The third-order valence-corrected chi connectivity index (χ3v) is 5.70. The summed E-state index contributed by atoms with van der Waals surface area (Å²) in [5, 5.41) is 0. The number of hydrogen-bond acceptors (Lipinski definition) is 2. The fourth-order valence-corrected chi connectivity index (χ4v) is 4.59. The van der Waals surface area contributed by atoms with Crippen LogP contribution in [0.3, 0.4) is 0 Å². The van der Waals surface area contributed by atoms with E-state index < -0.39 is 5.41 Å². The van der Waals surface area contributed by atoms with Gasteiger partial charge in [0.15, 0.2) is 0 Å². The van der Waals surface area contributed by atoms with E-state index in [2.05, 4.69) is 12.2 Å². The van der Waals surface area contributed by atoms with Gasteiger partial charge in [-0.3, -0.25) is 9.59 Å². The van der Waals surface area contributed by atoms with Gasteiger partial charge in [-0.05, 0) is 50.7 Å². The van der Waals surface area contributed by atoms with E-state index in [0.29, 0.717) is 0 Å². The maximum atomic E-state index is 13.0. The van der Waals surface area contributed by atoms with Crippen LogP contribution in [0.1, 0.15) is 24.5 Å². The number of allylic oxidation sites excluding steroid dienone is 2. The maximum Gasteiger partial charge on any atom is 0.241 e. The number of imide groups is 1. The van der Waals surface area contributed by atoms with Crippen molar-refractivity contribution < 1.29 is 9.59 Å². The van der Waals surface area contributed by atoms with Crippen molar-refractivity contribution in [3.8, 4) is 0 Å². The molecule has 3 nitrogen and oxygen atoms in total. The second kappa shape index (κ2) is 3.85. The summed E-state index contributed by atoms with van der Waals surface area (Å²) in [6, 6.07) is 5.89. The van der Waals surface area contributed by atoms with Crippen molar-refractivity contribution in [2.45, 2.75) is 27.2 Å². The molecule has 1 saturated heterocycles. The molecule has 4 rings (SSSR count). The number of aryl methyl sites for hydroxylation is 2. The first-order valence-corrected chi connectivity index (χ1v) is 7.58. The first-order chi connectivity index (χ1) is 9.94. The molecule has 108 valence electrons. The summed E-state index contributed by atoms with van der Waals surface area (Å²) in [5.74, 6) is 0.278. The zero-order chi connectivity index (χ0) is 14.9. The number of hydrogen-bond donors (Lipinski definition) is 0. The lowest BCUT2D eigenvalue weighted by Gasteiger charge is -2.28. The zero-order valence-electron chi connectivity index (χ0n) is 12.6. The van der Waals surface area contributed by atoms with Crippen LogP contribution in [-0.4, -0.2) is 11.8 Å². The van der Waals surface area contributed by atoms with E-state index in [1.165, 1.54) is 4.90 Å². The van der Waals surface area contributed by atoms with Gasteiger partial charge < -0.3 is 0 Å². The smallest absolute Gasteiger partial charge is 0.241 e. The minimum atomic E-state index is -0.534.